The molecule has 0 saturated carbocycles. The van der Waals surface area contributed by atoms with Gasteiger partial charge < -0.3 is 19.5 Å². The molecule has 2 aliphatic heterocycles. The van der Waals surface area contributed by atoms with E-state index in [1.807, 2.05) is 19.2 Å². The summed E-state index contributed by atoms with van der Waals surface area (Å²) in [4.78, 5) is 25.8. The Hall–Kier alpha value is -2.64. The van der Waals surface area contributed by atoms with Crippen LogP contribution in [0.1, 0.15) is 23.7 Å². The van der Waals surface area contributed by atoms with Crippen molar-refractivity contribution in [2.24, 2.45) is 18.9 Å². The van der Waals surface area contributed by atoms with Gasteiger partial charge in [-0.3, -0.25) is 9.69 Å². The minimum absolute atomic E-state index is 0.0495. The van der Waals surface area contributed by atoms with E-state index in [0.29, 0.717) is 19.4 Å². The smallest absolute Gasteiger partial charge is 0.327 e. The van der Waals surface area contributed by atoms with E-state index in [1.54, 1.807) is 6.08 Å². The molecule has 0 bridgehead atoms. The van der Waals surface area contributed by atoms with E-state index >= 15 is 0 Å². The number of carboxylic acids is 1. The summed E-state index contributed by atoms with van der Waals surface area (Å²) in [6.07, 6.45) is 4.05. The maximum atomic E-state index is 12.6. The first-order valence-electron chi connectivity index (χ1n) is 9.88. The Labute approximate surface area is 169 Å². The molecule has 29 heavy (non-hydrogen) atoms. The molecule has 2 aromatic rings. The molecule has 7 nitrogen and oxygen atoms in total. The number of ether oxygens (including phenoxy) is 1. The number of benzene rings is 1. The van der Waals surface area contributed by atoms with E-state index in [-0.39, 0.29) is 30.5 Å². The number of hydrogen-bond donors (Lipinski definition) is 2. The summed E-state index contributed by atoms with van der Waals surface area (Å²) in [6, 6.07) is 7.70. The number of methoxy groups -OCH3 is 1. The van der Waals surface area contributed by atoms with Crippen molar-refractivity contribution in [3.8, 4) is 0 Å². The second-order valence-corrected chi connectivity index (χ2v) is 7.94. The first kappa shape index (κ1) is 19.7. The zero-order chi connectivity index (χ0) is 20.7. The number of fused-ring (bicyclic) bond motifs is 5. The minimum atomic E-state index is -0.995. The average molecular weight is 398 g/mol. The molecule has 1 aromatic carbocycles. The van der Waals surface area contributed by atoms with Crippen LogP contribution in [0.3, 0.4) is 0 Å². The Balaban J connectivity index is 1.83. The normalized spacial score (nSPS) is 27.0. The summed E-state index contributed by atoms with van der Waals surface area (Å²) in [6.45, 7) is 0.449. The molecule has 0 aliphatic carbocycles. The first-order valence-corrected chi connectivity index (χ1v) is 9.88. The van der Waals surface area contributed by atoms with Gasteiger partial charge >= 0.3 is 11.9 Å². The lowest BCUT2D eigenvalue weighted by molar-refractivity contribution is -0.151. The van der Waals surface area contributed by atoms with Crippen LogP contribution in [0.4, 0.5) is 0 Å². The largest absolute Gasteiger partial charge is 0.478 e. The highest BCUT2D eigenvalue weighted by Gasteiger charge is 2.46. The van der Waals surface area contributed by atoms with Crippen molar-refractivity contribution in [2.45, 2.75) is 24.9 Å². The first-order chi connectivity index (χ1) is 14.0. The molecule has 3 heterocycles. The number of aliphatic carboxylic acids is 1. The molecule has 7 heteroatoms. The second kappa shape index (κ2) is 7.65. The van der Waals surface area contributed by atoms with Gasteiger partial charge in [-0.1, -0.05) is 24.3 Å². The number of hydrogen-bond acceptors (Lipinski definition) is 5. The zero-order valence-electron chi connectivity index (χ0n) is 16.6. The molecule has 1 fully saturated rings. The Morgan fingerprint density at radius 3 is 2.76 bits per heavy atom. The molecule has 0 unspecified atom stereocenters. The van der Waals surface area contributed by atoms with Crippen molar-refractivity contribution in [1.29, 1.82) is 0 Å². The van der Waals surface area contributed by atoms with Crippen LogP contribution in [-0.2, 0) is 27.8 Å². The lowest BCUT2D eigenvalue weighted by Gasteiger charge is -2.48. The predicted octanol–water partition coefficient (Wildman–Crippen LogP) is 1.89. The number of rotatable bonds is 4. The number of para-hydroxylation sites is 1. The van der Waals surface area contributed by atoms with Crippen molar-refractivity contribution in [2.75, 3.05) is 20.3 Å². The minimum Gasteiger partial charge on any atom is -0.478 e. The number of allylic oxidation sites excluding steroid dienone is 1. The van der Waals surface area contributed by atoms with Crippen molar-refractivity contribution in [3.05, 3.63) is 47.7 Å². The molecule has 0 spiro atoms. The Morgan fingerprint density at radius 1 is 1.31 bits per heavy atom. The molecule has 4 atom stereocenters. The molecule has 0 radical (unpaired) electrons. The molecule has 2 aliphatic rings. The maximum absolute atomic E-state index is 12.6. The average Bonchev–Trinajstić information content (AvgIpc) is 3.02. The molecule has 1 aromatic heterocycles. The summed E-state index contributed by atoms with van der Waals surface area (Å²) < 4.78 is 7.29. The van der Waals surface area contributed by atoms with E-state index in [9.17, 15) is 14.7 Å². The number of aliphatic hydroxyl groups is 1. The summed E-state index contributed by atoms with van der Waals surface area (Å²) in [5.41, 5.74) is 3.43. The van der Waals surface area contributed by atoms with Gasteiger partial charge in [-0.15, -0.1) is 0 Å². The lowest BCUT2D eigenvalue weighted by Crippen LogP contribution is -2.55. The van der Waals surface area contributed by atoms with Gasteiger partial charge in [0.2, 0.25) is 0 Å². The van der Waals surface area contributed by atoms with E-state index < -0.39 is 12.0 Å². The Bertz CT molecular complexity index is 979. The molecular weight excluding hydrogens is 372 g/mol. The van der Waals surface area contributed by atoms with E-state index in [2.05, 4.69) is 21.6 Å². The van der Waals surface area contributed by atoms with Crippen LogP contribution in [0, 0.1) is 11.8 Å². The molecule has 0 amide bonds. The monoisotopic (exact) mass is 398 g/mol. The fraction of sp³-hybridized carbons (Fsp3) is 0.455. The van der Waals surface area contributed by atoms with Crippen LogP contribution in [-0.4, -0.2) is 57.9 Å². The number of aryl methyl sites for hydroxylation is 1. The highest BCUT2D eigenvalue weighted by molar-refractivity contribution is 5.88. The highest BCUT2D eigenvalue weighted by atomic mass is 16.5. The van der Waals surface area contributed by atoms with Crippen LogP contribution >= 0.6 is 0 Å². The van der Waals surface area contributed by atoms with Crippen LogP contribution in [0.25, 0.3) is 10.9 Å². The van der Waals surface area contributed by atoms with Crippen LogP contribution in [0.5, 0.6) is 0 Å². The number of nitrogens with zero attached hydrogens (tertiary/aromatic N) is 2. The Kier molecular flexibility index (Phi) is 5.19. The van der Waals surface area contributed by atoms with Crippen molar-refractivity contribution >= 4 is 22.8 Å². The predicted molar refractivity (Wildman–Crippen MR) is 107 cm³/mol. The molecule has 1 saturated heterocycles. The van der Waals surface area contributed by atoms with Crippen molar-refractivity contribution < 1.29 is 24.5 Å². The van der Waals surface area contributed by atoms with Gasteiger partial charge in [0.15, 0.2) is 0 Å². The molecule has 2 N–H and O–H groups in total. The third-order valence-corrected chi connectivity index (χ3v) is 6.51. The fourth-order valence-electron chi connectivity index (χ4n) is 5.16. The summed E-state index contributed by atoms with van der Waals surface area (Å²) in [7, 11) is 3.44. The Morgan fingerprint density at radius 2 is 2.07 bits per heavy atom. The lowest BCUT2D eigenvalue weighted by atomic mass is 9.76. The van der Waals surface area contributed by atoms with Crippen LogP contribution < -0.4 is 0 Å². The van der Waals surface area contributed by atoms with Crippen LogP contribution in [0.15, 0.2) is 36.4 Å². The quantitative estimate of drug-likeness (QED) is 0.604. The summed E-state index contributed by atoms with van der Waals surface area (Å²) in [5, 5.41) is 20.1. The number of piperidine rings is 1. The van der Waals surface area contributed by atoms with E-state index in [4.69, 9.17) is 9.84 Å². The summed E-state index contributed by atoms with van der Waals surface area (Å²) >= 11 is 0. The van der Waals surface area contributed by atoms with Crippen LogP contribution in [0.2, 0.25) is 0 Å². The zero-order valence-corrected chi connectivity index (χ0v) is 16.6. The van der Waals surface area contributed by atoms with Gasteiger partial charge in [0.25, 0.3) is 0 Å². The van der Waals surface area contributed by atoms with Crippen molar-refractivity contribution in [1.82, 2.24) is 9.47 Å². The molecular formula is C22H26N2O5. The van der Waals surface area contributed by atoms with E-state index in [1.165, 1.54) is 7.11 Å². The van der Waals surface area contributed by atoms with Gasteiger partial charge in [-0.25, -0.2) is 4.79 Å². The van der Waals surface area contributed by atoms with Gasteiger partial charge in [-0.2, -0.15) is 0 Å². The van der Waals surface area contributed by atoms with Crippen molar-refractivity contribution in [3.63, 3.8) is 0 Å². The number of aromatic nitrogens is 1. The number of carbonyl (C=O) groups excluding carboxylic acids is 1. The van der Waals surface area contributed by atoms with Gasteiger partial charge in [-0.05, 0) is 24.0 Å². The highest BCUT2D eigenvalue weighted by Crippen LogP contribution is 2.46. The summed E-state index contributed by atoms with van der Waals surface area (Å²) in [5.74, 6) is -1.49. The number of carboxylic acid groups (broad SMARTS) is 1. The number of carbonyl (C=O) groups is 2. The number of aliphatic hydroxyl groups excluding tert-OH is 1. The van der Waals surface area contributed by atoms with Gasteiger partial charge in [0, 0.05) is 55.2 Å². The fourth-order valence-corrected chi connectivity index (χ4v) is 5.16. The SMILES string of the molecule is COC(=O)[C@@H]1Cc2c(n(C)c3ccccc23)[C@H]2C[C@@H](C=CC(=O)O)[C@H](CO)CN21. The third kappa shape index (κ3) is 3.24. The second-order valence-electron chi connectivity index (χ2n) is 7.94. The topological polar surface area (TPSA) is 92.0 Å². The standard InChI is InChI=1S/C22H26N2O5/c1-23-17-6-4-3-5-15(17)16-10-19(22(28)29-2)24-11-14(12-25)13(7-8-20(26)27)9-18(24)21(16)23/h3-8,13-14,18-19,25H,9-12H2,1-2H3,(H,26,27)/t13-,14+,18-,19+/m1/s1. The number of esters is 1. The van der Waals surface area contributed by atoms with Gasteiger partial charge in [0.1, 0.15) is 6.04 Å². The van der Waals surface area contributed by atoms with Gasteiger partial charge in [0.05, 0.1) is 13.2 Å². The molecule has 154 valence electrons. The van der Waals surface area contributed by atoms with E-state index in [0.717, 1.165) is 28.2 Å². The maximum Gasteiger partial charge on any atom is 0.327 e. The molecule has 4 rings (SSSR count). The third-order valence-electron chi connectivity index (χ3n) is 6.51.